The first-order valence-electron chi connectivity index (χ1n) is 6.55. The minimum absolute atomic E-state index is 0.182. The van der Waals surface area contributed by atoms with Gasteiger partial charge in [0, 0.05) is 5.56 Å². The summed E-state index contributed by atoms with van der Waals surface area (Å²) in [6, 6.07) is 3.08. The summed E-state index contributed by atoms with van der Waals surface area (Å²) < 4.78 is 31.4. The average Bonchev–Trinajstić information content (AvgIpc) is 2.88. The van der Waals surface area contributed by atoms with Gasteiger partial charge in [0.25, 0.3) is 0 Å². The Morgan fingerprint density at radius 3 is 2.70 bits per heavy atom. The van der Waals surface area contributed by atoms with Crippen molar-refractivity contribution in [2.24, 2.45) is 0 Å². The summed E-state index contributed by atoms with van der Waals surface area (Å²) in [5.41, 5.74) is 1.12. The van der Waals surface area contributed by atoms with E-state index in [-0.39, 0.29) is 5.92 Å². The molecule has 2 aromatic rings. The zero-order valence-corrected chi connectivity index (χ0v) is 12.5. The molecular weight excluding hydrogens is 280 g/mol. The summed E-state index contributed by atoms with van der Waals surface area (Å²) >= 11 is 1.22. The predicted molar refractivity (Wildman–Crippen MR) is 75.9 cm³/mol. The van der Waals surface area contributed by atoms with Crippen molar-refractivity contribution in [1.82, 2.24) is 14.9 Å². The Labute approximate surface area is 121 Å². The van der Waals surface area contributed by atoms with Gasteiger partial charge in [0.15, 0.2) is 0 Å². The summed E-state index contributed by atoms with van der Waals surface area (Å²) in [4.78, 5) is 0.839. The fourth-order valence-electron chi connectivity index (χ4n) is 2.09. The smallest absolute Gasteiger partial charge is 0.128 e. The number of benzene rings is 1. The van der Waals surface area contributed by atoms with Crippen molar-refractivity contribution >= 4 is 11.5 Å². The van der Waals surface area contributed by atoms with Crippen molar-refractivity contribution in [3.05, 3.63) is 46.0 Å². The fraction of sp³-hybridized carbons (Fsp3) is 0.429. The lowest BCUT2D eigenvalue weighted by atomic mass is 9.99. The third kappa shape index (κ3) is 3.02. The summed E-state index contributed by atoms with van der Waals surface area (Å²) in [6.07, 6.45) is 0. The Morgan fingerprint density at radius 1 is 1.30 bits per heavy atom. The number of halogens is 2. The molecule has 1 atom stereocenters. The van der Waals surface area contributed by atoms with Crippen molar-refractivity contribution in [2.45, 2.75) is 32.7 Å². The van der Waals surface area contributed by atoms with Gasteiger partial charge in [0.1, 0.15) is 11.6 Å². The van der Waals surface area contributed by atoms with Gasteiger partial charge in [-0.05, 0) is 42.2 Å². The van der Waals surface area contributed by atoms with Gasteiger partial charge in [0.05, 0.1) is 16.6 Å². The van der Waals surface area contributed by atoms with Crippen LogP contribution in [0.25, 0.3) is 0 Å². The number of rotatable bonds is 5. The van der Waals surface area contributed by atoms with Crippen LogP contribution in [0.3, 0.4) is 0 Å². The molecular formula is C14H17F2N3S. The van der Waals surface area contributed by atoms with Gasteiger partial charge in [-0.2, -0.15) is 0 Å². The molecule has 1 aromatic carbocycles. The van der Waals surface area contributed by atoms with E-state index in [9.17, 15) is 8.78 Å². The van der Waals surface area contributed by atoms with Gasteiger partial charge in [-0.25, -0.2) is 8.78 Å². The normalized spacial score (nSPS) is 12.9. The van der Waals surface area contributed by atoms with Crippen molar-refractivity contribution in [1.29, 1.82) is 0 Å². The fourth-order valence-corrected chi connectivity index (χ4v) is 2.99. The molecule has 0 aliphatic heterocycles. The Hall–Kier alpha value is -1.40. The van der Waals surface area contributed by atoms with Crippen LogP contribution >= 0.6 is 11.5 Å². The molecule has 1 heterocycles. The molecule has 2 rings (SSSR count). The Bertz CT molecular complexity index is 584. The van der Waals surface area contributed by atoms with Crippen LogP contribution in [0.1, 0.15) is 48.9 Å². The zero-order chi connectivity index (χ0) is 14.7. The van der Waals surface area contributed by atoms with E-state index in [1.54, 1.807) is 0 Å². The molecule has 3 nitrogen and oxygen atoms in total. The lowest BCUT2D eigenvalue weighted by Gasteiger charge is -2.19. The highest BCUT2D eigenvalue weighted by molar-refractivity contribution is 7.05. The van der Waals surface area contributed by atoms with Crippen molar-refractivity contribution in [3.8, 4) is 0 Å². The Balaban J connectivity index is 2.50. The van der Waals surface area contributed by atoms with Gasteiger partial charge in [-0.3, -0.25) is 0 Å². The largest absolute Gasteiger partial charge is 0.306 e. The van der Waals surface area contributed by atoms with Gasteiger partial charge in [-0.1, -0.05) is 25.3 Å². The van der Waals surface area contributed by atoms with Crippen LogP contribution < -0.4 is 5.32 Å². The summed E-state index contributed by atoms with van der Waals surface area (Å²) in [5.74, 6) is -0.699. The van der Waals surface area contributed by atoms with Crippen LogP contribution in [0.4, 0.5) is 8.78 Å². The average molecular weight is 297 g/mol. The van der Waals surface area contributed by atoms with Gasteiger partial charge in [-0.15, -0.1) is 5.10 Å². The van der Waals surface area contributed by atoms with E-state index >= 15 is 0 Å². The maximum atomic E-state index is 14.0. The minimum atomic E-state index is -0.451. The molecule has 20 heavy (non-hydrogen) atoms. The van der Waals surface area contributed by atoms with Crippen LogP contribution in [0.15, 0.2) is 18.2 Å². The van der Waals surface area contributed by atoms with Gasteiger partial charge in [0.2, 0.25) is 0 Å². The molecule has 0 spiro atoms. The molecule has 1 unspecified atom stereocenters. The first-order valence-corrected chi connectivity index (χ1v) is 7.32. The molecule has 0 bridgehead atoms. The summed E-state index contributed by atoms with van der Waals surface area (Å²) in [5, 5.41) is 7.30. The summed E-state index contributed by atoms with van der Waals surface area (Å²) in [6.45, 7) is 6.57. The molecule has 108 valence electrons. The minimum Gasteiger partial charge on any atom is -0.306 e. The molecule has 6 heteroatoms. The van der Waals surface area contributed by atoms with Crippen LogP contribution in [-0.2, 0) is 0 Å². The van der Waals surface area contributed by atoms with E-state index in [1.807, 2.05) is 20.8 Å². The van der Waals surface area contributed by atoms with Crippen molar-refractivity contribution in [3.63, 3.8) is 0 Å². The van der Waals surface area contributed by atoms with Crippen molar-refractivity contribution in [2.75, 3.05) is 6.54 Å². The standard InChI is InChI=1S/C14H17F2N3S/c1-4-17-13(10-7-9(15)5-6-11(10)16)14-12(8(2)3)18-19-20-14/h5-8,13,17H,4H2,1-3H3. The number of nitrogens with one attached hydrogen (secondary N) is 1. The van der Waals surface area contributed by atoms with E-state index in [2.05, 4.69) is 14.9 Å². The quantitative estimate of drug-likeness (QED) is 0.915. The van der Waals surface area contributed by atoms with Crippen molar-refractivity contribution < 1.29 is 8.78 Å². The highest BCUT2D eigenvalue weighted by atomic mass is 32.1. The molecule has 0 radical (unpaired) electrons. The predicted octanol–water partition coefficient (Wildman–Crippen LogP) is 3.64. The van der Waals surface area contributed by atoms with E-state index in [0.29, 0.717) is 12.1 Å². The SMILES string of the molecule is CCNC(c1cc(F)ccc1F)c1snnc1C(C)C. The van der Waals surface area contributed by atoms with Gasteiger partial charge < -0.3 is 5.32 Å². The lowest BCUT2D eigenvalue weighted by Crippen LogP contribution is -2.23. The molecule has 0 saturated carbocycles. The first-order chi connectivity index (χ1) is 9.54. The second-order valence-electron chi connectivity index (χ2n) is 4.83. The number of nitrogens with zero attached hydrogens (tertiary/aromatic N) is 2. The monoisotopic (exact) mass is 297 g/mol. The van der Waals surface area contributed by atoms with E-state index in [1.165, 1.54) is 17.6 Å². The molecule has 1 aromatic heterocycles. The lowest BCUT2D eigenvalue weighted by molar-refractivity contribution is 0.544. The van der Waals surface area contributed by atoms with Gasteiger partial charge >= 0.3 is 0 Å². The first kappa shape index (κ1) is 15.0. The van der Waals surface area contributed by atoms with E-state index in [4.69, 9.17) is 0 Å². The Kier molecular flexibility index (Phi) is 4.77. The second-order valence-corrected chi connectivity index (χ2v) is 5.62. The third-order valence-corrected chi connectivity index (χ3v) is 3.83. The number of hydrogen-bond donors (Lipinski definition) is 1. The maximum absolute atomic E-state index is 14.0. The zero-order valence-electron chi connectivity index (χ0n) is 11.7. The molecule has 0 aliphatic carbocycles. The molecule has 1 N–H and O–H groups in total. The molecule has 0 fully saturated rings. The molecule has 0 aliphatic rings. The topological polar surface area (TPSA) is 37.8 Å². The van der Waals surface area contributed by atoms with E-state index < -0.39 is 17.7 Å². The Morgan fingerprint density at radius 2 is 2.05 bits per heavy atom. The van der Waals surface area contributed by atoms with Crippen LogP contribution in [0, 0.1) is 11.6 Å². The van der Waals surface area contributed by atoms with Crippen LogP contribution in [0.2, 0.25) is 0 Å². The van der Waals surface area contributed by atoms with Crippen LogP contribution in [0.5, 0.6) is 0 Å². The molecule has 0 amide bonds. The number of hydrogen-bond acceptors (Lipinski definition) is 4. The third-order valence-electron chi connectivity index (χ3n) is 3.03. The highest BCUT2D eigenvalue weighted by Gasteiger charge is 2.24. The summed E-state index contributed by atoms with van der Waals surface area (Å²) in [7, 11) is 0. The maximum Gasteiger partial charge on any atom is 0.128 e. The second kappa shape index (κ2) is 6.37. The molecule has 0 saturated heterocycles. The van der Waals surface area contributed by atoms with Crippen LogP contribution in [-0.4, -0.2) is 16.1 Å². The number of aromatic nitrogens is 2. The van der Waals surface area contributed by atoms with E-state index in [0.717, 1.165) is 22.7 Å². The highest BCUT2D eigenvalue weighted by Crippen LogP contribution is 2.32.